The molecule has 0 aromatic rings. The van der Waals surface area contributed by atoms with Gasteiger partial charge in [-0.2, -0.15) is 0 Å². The molecule has 3 nitrogen and oxygen atoms in total. The Morgan fingerprint density at radius 1 is 1.67 bits per heavy atom. The number of Topliss-reactive ketones (excluding diaryl/α,β-unsaturated/α-hetero) is 1. The van der Waals surface area contributed by atoms with Crippen LogP contribution in [0.1, 0.15) is 19.8 Å². The van der Waals surface area contributed by atoms with Crippen LogP contribution < -0.4 is 0 Å². The predicted molar refractivity (Wildman–Crippen MR) is 47.2 cm³/mol. The molecule has 0 unspecified atom stereocenters. The first-order chi connectivity index (χ1) is 5.70. The maximum atomic E-state index is 10.6. The number of carbonyl (C=O) groups excluding carboxylic acids is 1. The molecular weight excluding hydrogens is 154 g/mol. The zero-order valence-electron chi connectivity index (χ0n) is 7.88. The summed E-state index contributed by atoms with van der Waals surface area (Å²) in [5, 5.41) is 0. The van der Waals surface area contributed by atoms with Crippen LogP contribution in [-0.2, 0) is 9.53 Å². The van der Waals surface area contributed by atoms with Crippen LogP contribution in [0.15, 0.2) is 0 Å². The van der Waals surface area contributed by atoms with Crippen molar-refractivity contribution in [3.63, 3.8) is 0 Å². The van der Waals surface area contributed by atoms with E-state index in [1.54, 1.807) is 6.92 Å². The van der Waals surface area contributed by atoms with Crippen molar-refractivity contribution in [2.24, 2.45) is 0 Å². The molecule has 1 aliphatic heterocycles. The highest BCUT2D eigenvalue weighted by molar-refractivity contribution is 5.76. The van der Waals surface area contributed by atoms with Gasteiger partial charge in [0.2, 0.25) is 0 Å². The summed E-state index contributed by atoms with van der Waals surface area (Å²) < 4.78 is 5.26. The second-order valence-corrected chi connectivity index (χ2v) is 3.49. The molecule has 3 heteroatoms. The first-order valence-corrected chi connectivity index (χ1v) is 4.47. The van der Waals surface area contributed by atoms with Crippen LogP contribution in [0, 0.1) is 0 Å². The lowest BCUT2D eigenvalue weighted by molar-refractivity contribution is -0.121. The molecule has 70 valence electrons. The molecule has 1 heterocycles. The zero-order valence-corrected chi connectivity index (χ0v) is 7.88. The van der Waals surface area contributed by atoms with E-state index in [1.807, 2.05) is 0 Å². The standard InChI is InChI=1S/C9H17NO2/c1-8(11)6-12-7-9-4-3-5-10(9)2/h9H,3-7H2,1-2H3/t9-/m1/s1. The quantitative estimate of drug-likeness (QED) is 0.623. The topological polar surface area (TPSA) is 29.5 Å². The molecule has 0 amide bonds. The highest BCUT2D eigenvalue weighted by Gasteiger charge is 2.20. The van der Waals surface area contributed by atoms with Crippen LogP contribution in [0.25, 0.3) is 0 Å². The SMILES string of the molecule is CC(=O)COC[C@H]1CCCN1C. The normalized spacial score (nSPS) is 24.7. The molecule has 0 saturated carbocycles. The average Bonchev–Trinajstić information content (AvgIpc) is 2.36. The second kappa shape index (κ2) is 4.58. The van der Waals surface area contributed by atoms with Gasteiger partial charge >= 0.3 is 0 Å². The summed E-state index contributed by atoms with van der Waals surface area (Å²) in [5.74, 6) is 0.107. The predicted octanol–water partition coefficient (Wildman–Crippen LogP) is 0.686. The van der Waals surface area contributed by atoms with Crippen LogP contribution in [-0.4, -0.2) is 43.5 Å². The Hall–Kier alpha value is -0.410. The van der Waals surface area contributed by atoms with E-state index in [-0.39, 0.29) is 12.4 Å². The third-order valence-corrected chi connectivity index (χ3v) is 2.29. The van der Waals surface area contributed by atoms with E-state index in [2.05, 4.69) is 11.9 Å². The smallest absolute Gasteiger partial charge is 0.155 e. The van der Waals surface area contributed by atoms with Crippen molar-refractivity contribution in [3.8, 4) is 0 Å². The average molecular weight is 171 g/mol. The maximum absolute atomic E-state index is 10.6. The monoisotopic (exact) mass is 171 g/mol. The number of carbonyl (C=O) groups is 1. The van der Waals surface area contributed by atoms with Crippen LogP contribution in [0.5, 0.6) is 0 Å². The summed E-state index contributed by atoms with van der Waals surface area (Å²) in [7, 11) is 2.11. The van der Waals surface area contributed by atoms with Gasteiger partial charge in [-0.3, -0.25) is 4.79 Å². The van der Waals surface area contributed by atoms with E-state index in [0.717, 1.165) is 6.54 Å². The summed E-state index contributed by atoms with van der Waals surface area (Å²) in [6.07, 6.45) is 2.46. The third kappa shape index (κ3) is 2.91. The van der Waals surface area contributed by atoms with Gasteiger partial charge < -0.3 is 9.64 Å². The second-order valence-electron chi connectivity index (χ2n) is 3.49. The Balaban J connectivity index is 2.10. The number of nitrogens with zero attached hydrogens (tertiary/aromatic N) is 1. The van der Waals surface area contributed by atoms with E-state index in [9.17, 15) is 4.79 Å². The number of hydrogen-bond donors (Lipinski definition) is 0. The van der Waals surface area contributed by atoms with Gasteiger partial charge in [-0.1, -0.05) is 0 Å². The lowest BCUT2D eigenvalue weighted by atomic mass is 10.2. The van der Waals surface area contributed by atoms with E-state index < -0.39 is 0 Å². The Kier molecular flexibility index (Phi) is 3.69. The molecule has 1 rings (SSSR count). The molecule has 0 aliphatic carbocycles. The Morgan fingerprint density at radius 2 is 2.42 bits per heavy atom. The minimum absolute atomic E-state index is 0.107. The highest BCUT2D eigenvalue weighted by atomic mass is 16.5. The van der Waals surface area contributed by atoms with E-state index >= 15 is 0 Å². The largest absolute Gasteiger partial charge is 0.372 e. The van der Waals surface area contributed by atoms with Crippen molar-refractivity contribution >= 4 is 5.78 Å². The first-order valence-electron chi connectivity index (χ1n) is 4.47. The highest BCUT2D eigenvalue weighted by Crippen LogP contribution is 2.14. The van der Waals surface area contributed by atoms with Crippen LogP contribution in [0.3, 0.4) is 0 Å². The number of ketones is 1. The van der Waals surface area contributed by atoms with Gasteiger partial charge in [-0.25, -0.2) is 0 Å². The minimum atomic E-state index is 0.107. The number of likely N-dealkylation sites (N-methyl/N-ethyl adjacent to an activating group) is 1. The fourth-order valence-electron chi connectivity index (χ4n) is 1.53. The molecule has 0 spiro atoms. The molecular formula is C9H17NO2. The van der Waals surface area contributed by atoms with Gasteiger partial charge in [0.1, 0.15) is 6.61 Å². The molecule has 1 fully saturated rings. The summed E-state index contributed by atoms with van der Waals surface area (Å²) in [6.45, 7) is 3.69. The first kappa shape index (κ1) is 9.68. The number of ether oxygens (including phenoxy) is 1. The number of likely N-dealkylation sites (tertiary alicyclic amines) is 1. The zero-order chi connectivity index (χ0) is 8.97. The van der Waals surface area contributed by atoms with E-state index in [1.165, 1.54) is 12.8 Å². The van der Waals surface area contributed by atoms with Crippen LogP contribution >= 0.6 is 0 Å². The molecule has 0 radical (unpaired) electrons. The summed E-state index contributed by atoms with van der Waals surface area (Å²) in [4.78, 5) is 12.9. The van der Waals surface area contributed by atoms with Gasteiger partial charge in [-0.15, -0.1) is 0 Å². The Bertz CT molecular complexity index is 159. The van der Waals surface area contributed by atoms with Gasteiger partial charge in [0.25, 0.3) is 0 Å². The minimum Gasteiger partial charge on any atom is -0.372 e. The van der Waals surface area contributed by atoms with E-state index in [0.29, 0.717) is 12.6 Å². The van der Waals surface area contributed by atoms with Gasteiger partial charge in [-0.05, 0) is 33.4 Å². The van der Waals surface area contributed by atoms with Crippen molar-refractivity contribution in [3.05, 3.63) is 0 Å². The van der Waals surface area contributed by atoms with Crippen molar-refractivity contribution in [2.45, 2.75) is 25.8 Å². The van der Waals surface area contributed by atoms with Crippen molar-refractivity contribution in [2.75, 3.05) is 26.8 Å². The Labute approximate surface area is 73.7 Å². The lowest BCUT2D eigenvalue weighted by Gasteiger charge is -2.18. The van der Waals surface area contributed by atoms with Crippen molar-refractivity contribution < 1.29 is 9.53 Å². The fraction of sp³-hybridized carbons (Fsp3) is 0.889. The summed E-state index contributed by atoms with van der Waals surface area (Å²) in [5.41, 5.74) is 0. The van der Waals surface area contributed by atoms with Gasteiger partial charge in [0.15, 0.2) is 5.78 Å². The summed E-state index contributed by atoms with van der Waals surface area (Å²) in [6, 6.07) is 0.532. The molecule has 1 saturated heterocycles. The summed E-state index contributed by atoms with van der Waals surface area (Å²) >= 11 is 0. The molecule has 0 bridgehead atoms. The van der Waals surface area contributed by atoms with Crippen LogP contribution in [0.4, 0.5) is 0 Å². The lowest BCUT2D eigenvalue weighted by Crippen LogP contribution is -2.30. The number of rotatable bonds is 4. The van der Waals surface area contributed by atoms with E-state index in [4.69, 9.17) is 4.74 Å². The van der Waals surface area contributed by atoms with Crippen molar-refractivity contribution in [1.29, 1.82) is 0 Å². The molecule has 0 N–H and O–H groups in total. The molecule has 12 heavy (non-hydrogen) atoms. The molecule has 1 aliphatic rings. The third-order valence-electron chi connectivity index (χ3n) is 2.29. The molecule has 0 aromatic heterocycles. The fourth-order valence-corrected chi connectivity index (χ4v) is 1.53. The molecule has 0 aromatic carbocycles. The molecule has 1 atom stereocenters. The van der Waals surface area contributed by atoms with Gasteiger partial charge in [0, 0.05) is 6.04 Å². The van der Waals surface area contributed by atoms with Crippen LogP contribution in [0.2, 0.25) is 0 Å². The van der Waals surface area contributed by atoms with Crippen molar-refractivity contribution in [1.82, 2.24) is 4.90 Å². The van der Waals surface area contributed by atoms with Gasteiger partial charge in [0.05, 0.1) is 6.61 Å². The maximum Gasteiger partial charge on any atom is 0.155 e. The number of hydrogen-bond acceptors (Lipinski definition) is 3. The Morgan fingerprint density at radius 3 is 2.92 bits per heavy atom.